The summed E-state index contributed by atoms with van der Waals surface area (Å²) in [4.78, 5) is 11.3. The SMILES string of the molecule is N#Cc1cccc(C=O)c1Oc1ccccc1-c1ccccc1. The van der Waals surface area contributed by atoms with Gasteiger partial charge in [0.25, 0.3) is 0 Å². The summed E-state index contributed by atoms with van der Waals surface area (Å²) in [6.45, 7) is 0. The number of hydrogen-bond donors (Lipinski definition) is 0. The molecule has 0 aliphatic carbocycles. The average Bonchev–Trinajstić information content (AvgIpc) is 2.63. The van der Waals surface area contributed by atoms with Crippen molar-refractivity contribution in [3.63, 3.8) is 0 Å². The van der Waals surface area contributed by atoms with Crippen molar-refractivity contribution < 1.29 is 9.53 Å². The number of ether oxygens (including phenoxy) is 1. The first-order valence-corrected chi connectivity index (χ1v) is 7.14. The van der Waals surface area contributed by atoms with Crippen LogP contribution in [0.3, 0.4) is 0 Å². The molecule has 23 heavy (non-hydrogen) atoms. The minimum absolute atomic E-state index is 0.286. The molecule has 0 atom stereocenters. The largest absolute Gasteiger partial charge is 0.455 e. The molecule has 0 saturated carbocycles. The molecule has 3 nitrogen and oxygen atoms in total. The molecule has 0 N–H and O–H groups in total. The van der Waals surface area contributed by atoms with Gasteiger partial charge in [0.1, 0.15) is 11.8 Å². The van der Waals surface area contributed by atoms with Crippen LogP contribution >= 0.6 is 0 Å². The molecule has 0 unspecified atom stereocenters. The van der Waals surface area contributed by atoms with E-state index in [-0.39, 0.29) is 5.75 Å². The summed E-state index contributed by atoms with van der Waals surface area (Å²) in [5, 5.41) is 9.26. The molecule has 3 rings (SSSR count). The third-order valence-electron chi connectivity index (χ3n) is 3.48. The van der Waals surface area contributed by atoms with Crippen LogP contribution in [0.4, 0.5) is 0 Å². The Bertz CT molecular complexity index is 880. The van der Waals surface area contributed by atoms with Crippen LogP contribution in [0.5, 0.6) is 11.5 Å². The van der Waals surface area contributed by atoms with Crippen LogP contribution in [0.25, 0.3) is 11.1 Å². The van der Waals surface area contributed by atoms with Crippen molar-refractivity contribution in [1.82, 2.24) is 0 Å². The van der Waals surface area contributed by atoms with Gasteiger partial charge in [-0.3, -0.25) is 4.79 Å². The molecule has 0 aromatic heterocycles. The third kappa shape index (κ3) is 2.97. The van der Waals surface area contributed by atoms with Crippen LogP contribution in [-0.2, 0) is 0 Å². The van der Waals surface area contributed by atoms with Crippen molar-refractivity contribution in [2.45, 2.75) is 0 Å². The Balaban J connectivity index is 2.10. The molecule has 0 amide bonds. The van der Waals surface area contributed by atoms with Crippen molar-refractivity contribution in [3.05, 3.63) is 83.9 Å². The van der Waals surface area contributed by atoms with E-state index >= 15 is 0 Å². The van der Waals surface area contributed by atoms with Crippen LogP contribution in [-0.4, -0.2) is 6.29 Å². The molecule has 0 bridgehead atoms. The number of para-hydroxylation sites is 2. The molecule has 0 saturated heterocycles. The first kappa shape index (κ1) is 14.6. The lowest BCUT2D eigenvalue weighted by molar-refractivity contribution is 0.112. The van der Waals surface area contributed by atoms with Gasteiger partial charge < -0.3 is 4.74 Å². The van der Waals surface area contributed by atoms with Crippen LogP contribution in [0, 0.1) is 11.3 Å². The zero-order chi connectivity index (χ0) is 16.1. The molecule has 0 spiro atoms. The van der Waals surface area contributed by atoms with Crippen molar-refractivity contribution >= 4 is 6.29 Å². The summed E-state index contributed by atoms with van der Waals surface area (Å²) in [5.41, 5.74) is 2.59. The molecule has 0 heterocycles. The maximum atomic E-state index is 11.3. The molecule has 0 aliphatic heterocycles. The highest BCUT2D eigenvalue weighted by Crippen LogP contribution is 2.35. The Morgan fingerprint density at radius 2 is 1.61 bits per heavy atom. The van der Waals surface area contributed by atoms with Gasteiger partial charge >= 0.3 is 0 Å². The molecule has 0 radical (unpaired) electrons. The smallest absolute Gasteiger partial charge is 0.155 e. The Kier molecular flexibility index (Phi) is 4.17. The minimum atomic E-state index is 0.286. The zero-order valence-corrected chi connectivity index (χ0v) is 12.3. The lowest BCUT2D eigenvalue weighted by Gasteiger charge is -2.13. The van der Waals surface area contributed by atoms with Crippen LogP contribution in [0.15, 0.2) is 72.8 Å². The van der Waals surface area contributed by atoms with Crippen LogP contribution < -0.4 is 4.74 Å². The van der Waals surface area contributed by atoms with Crippen molar-refractivity contribution in [3.8, 4) is 28.7 Å². The van der Waals surface area contributed by atoms with Gasteiger partial charge in [0.2, 0.25) is 0 Å². The zero-order valence-electron chi connectivity index (χ0n) is 12.3. The number of nitrogens with zero attached hydrogens (tertiary/aromatic N) is 1. The van der Waals surface area contributed by atoms with Gasteiger partial charge in [-0.2, -0.15) is 5.26 Å². The number of rotatable bonds is 4. The molecule has 3 heteroatoms. The van der Waals surface area contributed by atoms with E-state index < -0.39 is 0 Å². The van der Waals surface area contributed by atoms with Gasteiger partial charge in [-0.25, -0.2) is 0 Å². The Morgan fingerprint density at radius 1 is 0.870 bits per heavy atom. The summed E-state index contributed by atoms with van der Waals surface area (Å²) in [5.74, 6) is 0.887. The quantitative estimate of drug-likeness (QED) is 0.648. The van der Waals surface area contributed by atoms with Crippen LogP contribution in [0.2, 0.25) is 0 Å². The summed E-state index contributed by atoms with van der Waals surface area (Å²) in [6, 6.07) is 24.4. The topological polar surface area (TPSA) is 50.1 Å². The van der Waals surface area contributed by atoms with Gasteiger partial charge in [0.15, 0.2) is 12.0 Å². The molecular formula is C20H13NO2. The summed E-state index contributed by atoms with van der Waals surface area (Å²) >= 11 is 0. The van der Waals surface area contributed by atoms with Gasteiger partial charge in [-0.15, -0.1) is 0 Å². The fourth-order valence-electron chi connectivity index (χ4n) is 2.37. The standard InChI is InChI=1S/C20H13NO2/c21-13-16-9-6-10-17(14-22)20(16)23-19-12-5-4-11-18(19)15-7-2-1-3-8-15/h1-12,14H. The van der Waals surface area contributed by atoms with Crippen molar-refractivity contribution in [1.29, 1.82) is 5.26 Å². The van der Waals surface area contributed by atoms with E-state index in [9.17, 15) is 10.1 Å². The van der Waals surface area contributed by atoms with E-state index in [1.165, 1.54) is 0 Å². The maximum Gasteiger partial charge on any atom is 0.155 e. The Morgan fingerprint density at radius 3 is 2.35 bits per heavy atom. The molecule has 110 valence electrons. The van der Waals surface area contributed by atoms with Crippen molar-refractivity contribution in [2.24, 2.45) is 0 Å². The van der Waals surface area contributed by atoms with E-state index in [0.717, 1.165) is 11.1 Å². The molecular weight excluding hydrogens is 286 g/mol. The van der Waals surface area contributed by atoms with E-state index in [2.05, 4.69) is 6.07 Å². The summed E-state index contributed by atoms with van der Waals surface area (Å²) in [7, 11) is 0. The number of aldehydes is 1. The number of benzene rings is 3. The third-order valence-corrected chi connectivity index (χ3v) is 3.48. The fourth-order valence-corrected chi connectivity index (χ4v) is 2.37. The minimum Gasteiger partial charge on any atom is -0.455 e. The average molecular weight is 299 g/mol. The monoisotopic (exact) mass is 299 g/mol. The lowest BCUT2D eigenvalue weighted by atomic mass is 10.0. The van der Waals surface area contributed by atoms with Crippen molar-refractivity contribution in [2.75, 3.05) is 0 Å². The number of carbonyl (C=O) groups excluding carboxylic acids is 1. The van der Waals surface area contributed by atoms with E-state index in [4.69, 9.17) is 4.74 Å². The van der Waals surface area contributed by atoms with Gasteiger partial charge in [-0.05, 0) is 23.8 Å². The molecule has 3 aromatic rings. The fraction of sp³-hybridized carbons (Fsp3) is 0. The second-order valence-electron chi connectivity index (χ2n) is 4.92. The summed E-state index contributed by atoms with van der Waals surface area (Å²) < 4.78 is 5.95. The predicted molar refractivity (Wildman–Crippen MR) is 88.5 cm³/mol. The normalized spacial score (nSPS) is 9.87. The highest BCUT2D eigenvalue weighted by atomic mass is 16.5. The first-order valence-electron chi connectivity index (χ1n) is 7.14. The second kappa shape index (κ2) is 6.59. The Hall–Kier alpha value is -3.38. The highest BCUT2D eigenvalue weighted by Gasteiger charge is 2.13. The molecule has 0 aliphatic rings. The Labute approximate surface area is 134 Å². The lowest BCUT2D eigenvalue weighted by Crippen LogP contribution is -1.95. The molecule has 3 aromatic carbocycles. The van der Waals surface area contributed by atoms with E-state index in [1.54, 1.807) is 18.2 Å². The van der Waals surface area contributed by atoms with Gasteiger partial charge in [-0.1, -0.05) is 54.6 Å². The summed E-state index contributed by atoms with van der Waals surface area (Å²) in [6.07, 6.45) is 0.696. The van der Waals surface area contributed by atoms with Gasteiger partial charge in [0.05, 0.1) is 11.1 Å². The van der Waals surface area contributed by atoms with E-state index in [1.807, 2.05) is 54.6 Å². The number of carbonyl (C=O) groups is 1. The molecule has 0 fully saturated rings. The second-order valence-corrected chi connectivity index (χ2v) is 4.92. The first-order chi connectivity index (χ1) is 11.3. The predicted octanol–water partition coefficient (Wildman–Crippen LogP) is 4.83. The van der Waals surface area contributed by atoms with Gasteiger partial charge in [0, 0.05) is 5.56 Å². The number of hydrogen-bond acceptors (Lipinski definition) is 3. The number of nitriles is 1. The maximum absolute atomic E-state index is 11.3. The van der Waals surface area contributed by atoms with Crippen LogP contribution in [0.1, 0.15) is 15.9 Å². The van der Waals surface area contributed by atoms with E-state index in [0.29, 0.717) is 23.2 Å². The highest BCUT2D eigenvalue weighted by molar-refractivity contribution is 5.82.